The van der Waals surface area contributed by atoms with E-state index in [9.17, 15) is 9.90 Å². The molecule has 0 saturated carbocycles. The Labute approximate surface area is 120 Å². The Morgan fingerprint density at radius 2 is 2.15 bits per heavy atom. The van der Waals surface area contributed by atoms with Crippen molar-refractivity contribution in [2.45, 2.75) is 26.0 Å². The molecule has 1 rings (SSSR count). The van der Waals surface area contributed by atoms with Gasteiger partial charge in [0.1, 0.15) is 5.75 Å². The lowest BCUT2D eigenvalue weighted by atomic mass is 10.1. The zero-order valence-corrected chi connectivity index (χ0v) is 12.6. The van der Waals surface area contributed by atoms with Crippen molar-refractivity contribution in [3.8, 4) is 5.75 Å². The number of carbonyl (C=O) groups is 1. The molecule has 0 fully saturated rings. The van der Waals surface area contributed by atoms with Crippen molar-refractivity contribution < 1.29 is 14.6 Å². The van der Waals surface area contributed by atoms with Gasteiger partial charge in [0, 0.05) is 12.6 Å². The molecule has 1 aromatic carbocycles. The van der Waals surface area contributed by atoms with E-state index in [-0.39, 0.29) is 18.5 Å². The van der Waals surface area contributed by atoms with E-state index in [1.54, 1.807) is 18.1 Å². The molecule has 0 radical (unpaired) electrons. The molecule has 0 spiro atoms. The third kappa shape index (κ3) is 5.59. The average Bonchev–Trinajstić information content (AvgIpc) is 2.37. The minimum atomic E-state index is -0.651. The number of carbonyl (C=O) groups excluding carboxylic acids is 1. The number of ether oxygens (including phenoxy) is 1. The van der Waals surface area contributed by atoms with Crippen molar-refractivity contribution in [3.05, 3.63) is 29.8 Å². The van der Waals surface area contributed by atoms with Gasteiger partial charge in [0.2, 0.25) is 5.91 Å². The maximum Gasteiger partial charge on any atom is 0.234 e. The van der Waals surface area contributed by atoms with Crippen LogP contribution < -0.4 is 10.1 Å². The summed E-state index contributed by atoms with van der Waals surface area (Å²) in [6, 6.07) is 7.43. The first kappa shape index (κ1) is 16.5. The summed E-state index contributed by atoms with van der Waals surface area (Å²) < 4.78 is 5.13. The van der Waals surface area contributed by atoms with Gasteiger partial charge in [-0.2, -0.15) is 0 Å². The molecular weight excluding hydrogens is 256 g/mol. The molecule has 0 aliphatic carbocycles. The Kier molecular flexibility index (Phi) is 6.48. The molecule has 0 aliphatic rings. The summed E-state index contributed by atoms with van der Waals surface area (Å²) >= 11 is 0. The van der Waals surface area contributed by atoms with Gasteiger partial charge in [-0.25, -0.2) is 0 Å². The number of aliphatic hydroxyl groups excluding tert-OH is 1. The molecule has 20 heavy (non-hydrogen) atoms. The molecule has 1 atom stereocenters. The second kappa shape index (κ2) is 7.87. The number of rotatable bonds is 7. The van der Waals surface area contributed by atoms with Gasteiger partial charge in [0.25, 0.3) is 0 Å². The summed E-state index contributed by atoms with van der Waals surface area (Å²) in [5, 5.41) is 13.0. The van der Waals surface area contributed by atoms with Gasteiger partial charge < -0.3 is 15.2 Å². The van der Waals surface area contributed by atoms with Crippen LogP contribution in [0.3, 0.4) is 0 Å². The van der Waals surface area contributed by atoms with Crippen LogP contribution in [0.25, 0.3) is 0 Å². The Hall–Kier alpha value is -1.59. The van der Waals surface area contributed by atoms with Gasteiger partial charge in [0.05, 0.1) is 19.8 Å². The number of hydrogen-bond acceptors (Lipinski definition) is 4. The number of methoxy groups -OCH3 is 1. The first-order valence-corrected chi connectivity index (χ1v) is 6.72. The number of hydrogen-bond donors (Lipinski definition) is 2. The highest BCUT2D eigenvalue weighted by molar-refractivity contribution is 5.78. The van der Waals surface area contributed by atoms with E-state index in [4.69, 9.17) is 4.74 Å². The number of benzene rings is 1. The first-order chi connectivity index (χ1) is 9.42. The number of nitrogens with zero attached hydrogens (tertiary/aromatic N) is 1. The Bertz CT molecular complexity index is 435. The molecule has 5 heteroatoms. The van der Waals surface area contributed by atoms with Crippen LogP contribution in [-0.4, -0.2) is 49.2 Å². The predicted octanol–water partition coefficient (Wildman–Crippen LogP) is 1.18. The van der Waals surface area contributed by atoms with Gasteiger partial charge in [-0.1, -0.05) is 12.1 Å². The van der Waals surface area contributed by atoms with Crippen LogP contribution >= 0.6 is 0 Å². The first-order valence-electron chi connectivity index (χ1n) is 6.72. The van der Waals surface area contributed by atoms with Gasteiger partial charge in [0.15, 0.2) is 0 Å². The molecule has 112 valence electrons. The molecule has 0 saturated heterocycles. The maximum atomic E-state index is 11.6. The maximum absolute atomic E-state index is 11.6. The molecule has 1 unspecified atom stereocenters. The fourth-order valence-corrected chi connectivity index (χ4v) is 1.93. The summed E-state index contributed by atoms with van der Waals surface area (Å²) in [5.74, 6) is 0.669. The van der Waals surface area contributed by atoms with Crippen LogP contribution in [0.1, 0.15) is 25.5 Å². The molecule has 0 bridgehead atoms. The Morgan fingerprint density at radius 3 is 2.75 bits per heavy atom. The second-order valence-electron chi connectivity index (χ2n) is 5.21. The van der Waals surface area contributed by atoms with E-state index in [1.807, 2.05) is 39.1 Å². The third-order valence-electron chi connectivity index (χ3n) is 2.83. The van der Waals surface area contributed by atoms with Gasteiger partial charge in [-0.3, -0.25) is 9.69 Å². The van der Waals surface area contributed by atoms with Crippen molar-refractivity contribution in [2.24, 2.45) is 0 Å². The zero-order valence-electron chi connectivity index (χ0n) is 12.6. The average molecular weight is 280 g/mol. The summed E-state index contributed by atoms with van der Waals surface area (Å²) in [6.07, 6.45) is -0.651. The summed E-state index contributed by atoms with van der Waals surface area (Å²) in [6.45, 7) is 4.49. The Balaban J connectivity index is 2.52. The van der Waals surface area contributed by atoms with E-state index in [0.29, 0.717) is 12.3 Å². The SMILES string of the molecule is COc1cccc(C(O)CN(C)CC(=O)NC(C)C)c1. The normalized spacial score (nSPS) is 12.6. The molecule has 5 nitrogen and oxygen atoms in total. The van der Waals surface area contributed by atoms with Crippen LogP contribution in [0.5, 0.6) is 5.75 Å². The largest absolute Gasteiger partial charge is 0.497 e. The molecule has 0 aromatic heterocycles. The zero-order chi connectivity index (χ0) is 15.1. The molecule has 2 N–H and O–H groups in total. The lowest BCUT2D eigenvalue weighted by Crippen LogP contribution is -2.39. The van der Waals surface area contributed by atoms with E-state index >= 15 is 0 Å². The van der Waals surface area contributed by atoms with Gasteiger partial charge in [-0.15, -0.1) is 0 Å². The fraction of sp³-hybridized carbons (Fsp3) is 0.533. The highest BCUT2D eigenvalue weighted by Crippen LogP contribution is 2.19. The smallest absolute Gasteiger partial charge is 0.234 e. The predicted molar refractivity (Wildman–Crippen MR) is 78.7 cm³/mol. The summed E-state index contributed by atoms with van der Waals surface area (Å²) in [4.78, 5) is 13.4. The molecule has 0 heterocycles. The van der Waals surface area contributed by atoms with Crippen LogP contribution in [0, 0.1) is 0 Å². The van der Waals surface area contributed by atoms with Gasteiger partial charge >= 0.3 is 0 Å². The Morgan fingerprint density at radius 1 is 1.45 bits per heavy atom. The second-order valence-corrected chi connectivity index (χ2v) is 5.21. The number of aliphatic hydroxyl groups is 1. The minimum Gasteiger partial charge on any atom is -0.497 e. The van der Waals surface area contributed by atoms with Gasteiger partial charge in [-0.05, 0) is 38.6 Å². The minimum absolute atomic E-state index is 0.0413. The molecule has 0 aliphatic heterocycles. The van der Waals surface area contributed by atoms with Crippen molar-refractivity contribution in [3.63, 3.8) is 0 Å². The van der Waals surface area contributed by atoms with E-state index in [1.165, 1.54) is 0 Å². The number of likely N-dealkylation sites (N-methyl/N-ethyl adjacent to an activating group) is 1. The van der Waals surface area contributed by atoms with Crippen molar-refractivity contribution >= 4 is 5.91 Å². The summed E-state index contributed by atoms with van der Waals surface area (Å²) in [5.41, 5.74) is 0.778. The van der Waals surface area contributed by atoms with Crippen molar-refractivity contribution in [1.82, 2.24) is 10.2 Å². The van der Waals surface area contributed by atoms with Crippen LogP contribution in [-0.2, 0) is 4.79 Å². The van der Waals surface area contributed by atoms with E-state index < -0.39 is 6.10 Å². The highest BCUT2D eigenvalue weighted by atomic mass is 16.5. The lowest BCUT2D eigenvalue weighted by molar-refractivity contribution is -0.122. The monoisotopic (exact) mass is 280 g/mol. The molecule has 1 amide bonds. The van der Waals surface area contributed by atoms with Crippen LogP contribution in [0.4, 0.5) is 0 Å². The number of amides is 1. The van der Waals surface area contributed by atoms with Crippen LogP contribution in [0.15, 0.2) is 24.3 Å². The molecular formula is C15H24N2O3. The fourth-order valence-electron chi connectivity index (χ4n) is 1.93. The van der Waals surface area contributed by atoms with Crippen LogP contribution in [0.2, 0.25) is 0 Å². The standard InChI is InChI=1S/C15H24N2O3/c1-11(2)16-15(19)10-17(3)9-14(18)12-6-5-7-13(8-12)20-4/h5-8,11,14,18H,9-10H2,1-4H3,(H,16,19). The molecule has 1 aromatic rings. The summed E-state index contributed by atoms with van der Waals surface area (Å²) in [7, 11) is 3.40. The quantitative estimate of drug-likeness (QED) is 0.787. The van der Waals surface area contributed by atoms with Crippen molar-refractivity contribution in [1.29, 1.82) is 0 Å². The van der Waals surface area contributed by atoms with E-state index in [2.05, 4.69) is 5.32 Å². The topological polar surface area (TPSA) is 61.8 Å². The van der Waals surface area contributed by atoms with Crippen molar-refractivity contribution in [2.75, 3.05) is 27.2 Å². The highest BCUT2D eigenvalue weighted by Gasteiger charge is 2.14. The number of nitrogens with one attached hydrogen (secondary N) is 1. The third-order valence-corrected chi connectivity index (χ3v) is 2.83. The van der Waals surface area contributed by atoms with E-state index in [0.717, 1.165) is 5.56 Å². The lowest BCUT2D eigenvalue weighted by Gasteiger charge is -2.21.